The van der Waals surface area contributed by atoms with Gasteiger partial charge in [0.25, 0.3) is 0 Å². The fourth-order valence-corrected chi connectivity index (χ4v) is 6.46. The number of hydrogen-bond acceptors (Lipinski definition) is 7. The highest BCUT2D eigenvalue weighted by Crippen LogP contribution is 2.46. The maximum absolute atomic E-state index is 13.0. The summed E-state index contributed by atoms with van der Waals surface area (Å²) in [4.78, 5) is 26.4. The van der Waals surface area contributed by atoms with Crippen molar-refractivity contribution in [2.24, 2.45) is 11.7 Å². The average molecular weight is 558 g/mol. The molecule has 2 aromatic carbocycles. The molecule has 2 fully saturated rings. The molecule has 9 heteroatoms. The Morgan fingerprint density at radius 1 is 1.02 bits per heavy atom. The molecule has 3 aromatic rings. The summed E-state index contributed by atoms with van der Waals surface area (Å²) in [6.45, 7) is 1.81. The number of benzene rings is 2. The van der Waals surface area contributed by atoms with Crippen LogP contribution in [0, 0.1) is 5.92 Å². The highest BCUT2D eigenvalue weighted by Gasteiger charge is 2.49. The van der Waals surface area contributed by atoms with Gasteiger partial charge in [-0.2, -0.15) is 0 Å². The standard InChI is InChI=1S/C32H39N5O4/c1-31(40)19-32(33,20-31)24-13-11-23(12-14-24)29-26(22-7-5-4-6-8-22)18-27(35-36-29)34-28(38)17-21-9-15-25(16-10-21)37(2)30(39)41-3/h4-8,11-14,18,21,25,40H,9-10,15-17,19-20,33H2,1-3H3,(H,34,35,38)/t21-,25-,31-,32-. The summed E-state index contributed by atoms with van der Waals surface area (Å²) in [7, 11) is 3.15. The molecule has 0 atom stereocenters. The van der Waals surface area contributed by atoms with Gasteiger partial charge in [0.1, 0.15) is 5.69 Å². The number of nitrogens with zero attached hydrogens (tertiary/aromatic N) is 3. The molecule has 41 heavy (non-hydrogen) atoms. The van der Waals surface area contributed by atoms with Crippen molar-refractivity contribution in [3.05, 3.63) is 66.2 Å². The van der Waals surface area contributed by atoms with E-state index in [1.165, 1.54) is 7.11 Å². The predicted octanol–water partition coefficient (Wildman–Crippen LogP) is 5.10. The van der Waals surface area contributed by atoms with Gasteiger partial charge in [0.05, 0.1) is 12.7 Å². The molecule has 1 heterocycles. The lowest BCUT2D eigenvalue weighted by Crippen LogP contribution is -2.58. The highest BCUT2D eigenvalue weighted by molar-refractivity contribution is 5.91. The largest absolute Gasteiger partial charge is 0.453 e. The van der Waals surface area contributed by atoms with Crippen LogP contribution in [0.3, 0.4) is 0 Å². The van der Waals surface area contributed by atoms with Gasteiger partial charge in [-0.15, -0.1) is 10.2 Å². The Morgan fingerprint density at radius 3 is 2.29 bits per heavy atom. The molecule has 216 valence electrons. The minimum absolute atomic E-state index is 0.0928. The Morgan fingerprint density at radius 2 is 1.68 bits per heavy atom. The summed E-state index contributed by atoms with van der Waals surface area (Å²) in [5.41, 5.74) is 9.70. The Kier molecular flexibility index (Phi) is 8.11. The van der Waals surface area contributed by atoms with E-state index in [4.69, 9.17) is 10.5 Å². The van der Waals surface area contributed by atoms with Crippen LogP contribution in [0.2, 0.25) is 0 Å². The maximum atomic E-state index is 13.0. The Balaban J connectivity index is 1.29. The highest BCUT2D eigenvalue weighted by atomic mass is 16.5. The van der Waals surface area contributed by atoms with Crippen LogP contribution in [0.15, 0.2) is 60.7 Å². The number of carbonyl (C=O) groups excluding carboxylic acids is 2. The summed E-state index contributed by atoms with van der Waals surface area (Å²) in [6.07, 6.45) is 4.55. The van der Waals surface area contributed by atoms with Gasteiger partial charge in [0.15, 0.2) is 5.82 Å². The zero-order chi connectivity index (χ0) is 29.2. The Labute approximate surface area is 241 Å². The second-order valence-corrected chi connectivity index (χ2v) is 11.9. The van der Waals surface area contributed by atoms with Crippen molar-refractivity contribution < 1.29 is 19.4 Å². The van der Waals surface area contributed by atoms with Gasteiger partial charge in [-0.25, -0.2) is 4.79 Å². The number of aliphatic hydroxyl groups is 1. The topological polar surface area (TPSA) is 131 Å². The van der Waals surface area contributed by atoms with Crippen molar-refractivity contribution in [1.82, 2.24) is 15.1 Å². The van der Waals surface area contributed by atoms with Crippen molar-refractivity contribution >= 4 is 17.8 Å². The average Bonchev–Trinajstić information content (AvgIpc) is 2.96. The minimum Gasteiger partial charge on any atom is -0.453 e. The lowest BCUT2D eigenvalue weighted by atomic mass is 9.63. The molecule has 4 N–H and O–H groups in total. The second kappa shape index (κ2) is 11.6. The van der Waals surface area contributed by atoms with Crippen molar-refractivity contribution in [1.29, 1.82) is 0 Å². The summed E-state index contributed by atoms with van der Waals surface area (Å²) in [5.74, 6) is 0.567. The Hall–Kier alpha value is -3.82. The quantitative estimate of drug-likeness (QED) is 0.369. The monoisotopic (exact) mass is 557 g/mol. The van der Waals surface area contributed by atoms with Gasteiger partial charge in [-0.1, -0.05) is 54.6 Å². The first kappa shape index (κ1) is 28.7. The number of anilines is 1. The summed E-state index contributed by atoms with van der Waals surface area (Å²) in [5, 5.41) is 22.1. The van der Waals surface area contributed by atoms with E-state index in [1.807, 2.05) is 67.6 Å². The van der Waals surface area contributed by atoms with Crippen LogP contribution in [0.4, 0.5) is 10.6 Å². The molecule has 2 amide bonds. The van der Waals surface area contributed by atoms with E-state index in [-0.39, 0.29) is 24.0 Å². The SMILES string of the molecule is COC(=O)N(C)[C@H]1CC[C@H](CC(=O)Nc2cc(-c3ccccc3)c(-c3ccc([C@]4(N)C[C@](C)(O)C4)cc3)nn2)CC1. The van der Waals surface area contributed by atoms with Gasteiger partial charge < -0.3 is 25.8 Å². The van der Waals surface area contributed by atoms with Crippen molar-refractivity contribution in [3.8, 4) is 22.4 Å². The van der Waals surface area contributed by atoms with Crippen LogP contribution in [0.25, 0.3) is 22.4 Å². The number of nitrogens with two attached hydrogens (primary N) is 1. The normalized spacial score (nSPS) is 25.6. The third-order valence-electron chi connectivity index (χ3n) is 8.57. The smallest absolute Gasteiger partial charge is 0.409 e. The molecule has 0 bridgehead atoms. The fraction of sp³-hybridized carbons (Fsp3) is 0.438. The Bertz CT molecular complexity index is 1380. The van der Waals surface area contributed by atoms with Crippen molar-refractivity contribution in [2.75, 3.05) is 19.5 Å². The van der Waals surface area contributed by atoms with Crippen molar-refractivity contribution in [3.63, 3.8) is 0 Å². The second-order valence-electron chi connectivity index (χ2n) is 11.9. The molecule has 0 unspecified atom stereocenters. The number of rotatable bonds is 7. The van der Waals surface area contributed by atoms with Gasteiger partial charge in [-0.05, 0) is 68.6 Å². The fourth-order valence-electron chi connectivity index (χ4n) is 6.46. The molecule has 1 aromatic heterocycles. The van der Waals surface area contributed by atoms with E-state index >= 15 is 0 Å². The molecule has 0 saturated heterocycles. The molecular formula is C32H39N5O4. The first-order chi connectivity index (χ1) is 19.6. The maximum Gasteiger partial charge on any atom is 0.409 e. The number of methoxy groups -OCH3 is 1. The van der Waals surface area contributed by atoms with Crippen LogP contribution in [0.1, 0.15) is 57.4 Å². The number of hydrogen-bond donors (Lipinski definition) is 3. The molecule has 2 aliphatic rings. The third kappa shape index (κ3) is 6.41. The number of aromatic nitrogens is 2. The predicted molar refractivity (Wildman–Crippen MR) is 158 cm³/mol. The van der Waals surface area contributed by atoms with Crippen LogP contribution < -0.4 is 11.1 Å². The van der Waals surface area contributed by atoms with E-state index in [1.54, 1.807) is 11.9 Å². The molecule has 0 radical (unpaired) electrons. The molecule has 2 saturated carbocycles. The summed E-state index contributed by atoms with van der Waals surface area (Å²) < 4.78 is 4.83. The lowest BCUT2D eigenvalue weighted by Gasteiger charge is -2.49. The van der Waals surface area contributed by atoms with E-state index in [9.17, 15) is 14.7 Å². The molecular weight excluding hydrogens is 518 g/mol. The molecule has 0 spiro atoms. The van der Waals surface area contributed by atoms with E-state index in [0.29, 0.717) is 30.8 Å². The summed E-state index contributed by atoms with van der Waals surface area (Å²) >= 11 is 0. The first-order valence-electron chi connectivity index (χ1n) is 14.2. The number of carbonyl (C=O) groups is 2. The van der Waals surface area contributed by atoms with Gasteiger partial charge >= 0.3 is 6.09 Å². The van der Waals surface area contributed by atoms with Crippen LogP contribution in [-0.4, -0.2) is 58.0 Å². The van der Waals surface area contributed by atoms with Gasteiger partial charge in [-0.3, -0.25) is 4.79 Å². The number of ether oxygens (including phenoxy) is 1. The molecule has 9 nitrogen and oxygen atoms in total. The van der Waals surface area contributed by atoms with Crippen LogP contribution >= 0.6 is 0 Å². The van der Waals surface area contributed by atoms with Crippen molar-refractivity contribution in [2.45, 2.75) is 69.1 Å². The summed E-state index contributed by atoms with van der Waals surface area (Å²) in [6, 6.07) is 19.9. The van der Waals surface area contributed by atoms with Gasteiger partial charge in [0.2, 0.25) is 5.91 Å². The zero-order valence-corrected chi connectivity index (χ0v) is 24.0. The van der Waals surface area contributed by atoms with Gasteiger partial charge in [0, 0.05) is 36.2 Å². The minimum atomic E-state index is -0.722. The van der Waals surface area contributed by atoms with E-state index < -0.39 is 11.1 Å². The molecule has 0 aliphatic heterocycles. The van der Waals surface area contributed by atoms with E-state index in [0.717, 1.165) is 47.9 Å². The zero-order valence-electron chi connectivity index (χ0n) is 24.0. The lowest BCUT2D eigenvalue weighted by molar-refractivity contribution is -0.117. The third-order valence-corrected chi connectivity index (χ3v) is 8.57. The van der Waals surface area contributed by atoms with Crippen LogP contribution in [0.5, 0.6) is 0 Å². The van der Waals surface area contributed by atoms with E-state index in [2.05, 4.69) is 15.5 Å². The number of nitrogens with one attached hydrogen (secondary N) is 1. The number of amides is 2. The molecule has 5 rings (SSSR count). The molecule has 2 aliphatic carbocycles. The van der Waals surface area contributed by atoms with Crippen LogP contribution in [-0.2, 0) is 15.1 Å². The first-order valence-corrected chi connectivity index (χ1v) is 14.2.